The minimum Gasteiger partial charge on any atom is -0.483 e. The number of ether oxygens (including phenoxy) is 2. The summed E-state index contributed by atoms with van der Waals surface area (Å²) in [4.78, 5) is 17.8. The van der Waals surface area contributed by atoms with Gasteiger partial charge in [-0.1, -0.05) is 110 Å². The molecule has 5 atom stereocenters. The van der Waals surface area contributed by atoms with Crippen LogP contribution in [0.3, 0.4) is 0 Å². The number of carbonyl (C=O) groups excluding carboxylic acids is 1. The molecule has 54 heavy (non-hydrogen) atoms. The van der Waals surface area contributed by atoms with Crippen LogP contribution in [0.2, 0.25) is 0 Å². The lowest BCUT2D eigenvalue weighted by atomic mass is 9.48. The first kappa shape index (κ1) is 35.7. The van der Waals surface area contributed by atoms with Crippen molar-refractivity contribution in [3.8, 4) is 11.5 Å². The number of aryl methyl sites for hydroxylation is 1. The van der Waals surface area contributed by atoms with Crippen LogP contribution in [0.1, 0.15) is 98.4 Å². The summed E-state index contributed by atoms with van der Waals surface area (Å²) in [6.07, 6.45) is 11.5. The number of aliphatic hydroxyl groups is 1. The van der Waals surface area contributed by atoms with Gasteiger partial charge in [0.15, 0.2) is 11.5 Å². The van der Waals surface area contributed by atoms with Crippen molar-refractivity contribution in [2.75, 3.05) is 26.2 Å². The molecular weight excluding hydrogens is 669 g/mol. The van der Waals surface area contributed by atoms with E-state index >= 15 is 0 Å². The Kier molecular flexibility index (Phi) is 9.88. The molecule has 4 aromatic carbocycles. The summed E-state index contributed by atoms with van der Waals surface area (Å²) in [7, 11) is 0. The number of likely N-dealkylation sites (tertiary alicyclic amines) is 1. The maximum absolute atomic E-state index is 13.3. The van der Waals surface area contributed by atoms with Gasteiger partial charge < -0.3 is 14.6 Å². The van der Waals surface area contributed by atoms with Crippen molar-refractivity contribution in [3.63, 3.8) is 0 Å². The molecule has 1 spiro atoms. The Morgan fingerprint density at radius 2 is 1.56 bits per heavy atom. The van der Waals surface area contributed by atoms with E-state index in [4.69, 9.17) is 9.47 Å². The van der Waals surface area contributed by atoms with E-state index in [-0.39, 0.29) is 30.1 Å². The lowest BCUT2D eigenvalue weighted by molar-refractivity contribution is -0.201. The second-order valence-corrected chi connectivity index (χ2v) is 17.0. The Labute approximate surface area is 321 Å². The second-order valence-electron chi connectivity index (χ2n) is 17.0. The Morgan fingerprint density at radius 1 is 0.870 bits per heavy atom. The van der Waals surface area contributed by atoms with Crippen molar-refractivity contribution in [1.29, 1.82) is 0 Å². The molecule has 1 N–H and O–H groups in total. The van der Waals surface area contributed by atoms with E-state index in [9.17, 15) is 9.90 Å². The number of carbonyl (C=O) groups is 1. The van der Waals surface area contributed by atoms with Crippen LogP contribution in [0, 0.1) is 5.92 Å². The van der Waals surface area contributed by atoms with Crippen LogP contribution >= 0.6 is 0 Å². The Bertz CT molecular complexity index is 1880. The summed E-state index contributed by atoms with van der Waals surface area (Å²) in [5, 5.41) is 13.3. The molecule has 9 rings (SSSR count). The zero-order chi connectivity index (χ0) is 36.7. The summed E-state index contributed by atoms with van der Waals surface area (Å²) >= 11 is 0. The second kappa shape index (κ2) is 14.9. The first-order valence-electron chi connectivity index (χ1n) is 20.8. The smallest absolute Gasteiger partial charge is 0.308 e. The monoisotopic (exact) mass is 724 g/mol. The zero-order valence-corrected chi connectivity index (χ0v) is 31.9. The lowest BCUT2D eigenvalue weighted by Crippen LogP contribution is -2.78. The average molecular weight is 725 g/mol. The molecule has 2 heterocycles. The maximum atomic E-state index is 13.3. The van der Waals surface area contributed by atoms with E-state index in [1.807, 2.05) is 6.07 Å². The maximum Gasteiger partial charge on any atom is 0.308 e. The molecule has 1 saturated heterocycles. The number of nitrogens with zero attached hydrogens (tertiary/aromatic N) is 2. The first-order chi connectivity index (χ1) is 26.4. The SMILES string of the molecule is CC(=O)Oc1ccc2c3c1O[C@H]1[C@H](N(CCCCCCc4ccccc4)CC(c4ccccc4)c4ccccc4)CC[C@@]4(O)[C@@H](C2)N(CC2CC2)CC[C@]314. The van der Waals surface area contributed by atoms with Gasteiger partial charge in [-0.15, -0.1) is 0 Å². The van der Waals surface area contributed by atoms with Gasteiger partial charge in [-0.05, 0) is 105 Å². The quantitative estimate of drug-likeness (QED) is 0.0755. The third kappa shape index (κ3) is 6.48. The highest BCUT2D eigenvalue weighted by molar-refractivity contribution is 5.72. The molecule has 6 heteroatoms. The zero-order valence-electron chi connectivity index (χ0n) is 31.9. The van der Waals surface area contributed by atoms with Gasteiger partial charge in [0, 0.05) is 43.6 Å². The molecule has 6 nitrogen and oxygen atoms in total. The van der Waals surface area contributed by atoms with E-state index in [0.29, 0.717) is 11.5 Å². The van der Waals surface area contributed by atoms with Crippen molar-refractivity contribution in [2.45, 2.75) is 113 Å². The number of unbranched alkanes of at least 4 members (excludes halogenated alkanes) is 3. The van der Waals surface area contributed by atoms with E-state index < -0.39 is 11.0 Å². The van der Waals surface area contributed by atoms with Crippen LogP contribution in [0.25, 0.3) is 0 Å². The highest BCUT2D eigenvalue weighted by Crippen LogP contribution is 2.66. The van der Waals surface area contributed by atoms with Crippen molar-refractivity contribution >= 4 is 5.97 Å². The molecule has 0 amide bonds. The highest BCUT2D eigenvalue weighted by atomic mass is 16.6. The van der Waals surface area contributed by atoms with Crippen molar-refractivity contribution in [1.82, 2.24) is 9.80 Å². The molecule has 3 aliphatic carbocycles. The average Bonchev–Trinajstić information content (AvgIpc) is 3.94. The van der Waals surface area contributed by atoms with Crippen LogP contribution in [0.5, 0.6) is 11.5 Å². The third-order valence-electron chi connectivity index (χ3n) is 13.8. The van der Waals surface area contributed by atoms with Crippen LogP contribution in [0.4, 0.5) is 0 Å². The molecule has 2 saturated carbocycles. The normalized spacial score (nSPS) is 26.8. The number of hydrogen-bond donors (Lipinski definition) is 1. The molecule has 2 bridgehead atoms. The summed E-state index contributed by atoms with van der Waals surface area (Å²) < 4.78 is 13.2. The van der Waals surface area contributed by atoms with Gasteiger partial charge >= 0.3 is 5.97 Å². The van der Waals surface area contributed by atoms with Crippen molar-refractivity contribution in [2.24, 2.45) is 5.92 Å². The lowest BCUT2D eigenvalue weighted by Gasteiger charge is -2.65. The fourth-order valence-electron chi connectivity index (χ4n) is 11.1. The van der Waals surface area contributed by atoms with Gasteiger partial charge in [-0.25, -0.2) is 0 Å². The summed E-state index contributed by atoms with van der Waals surface area (Å²) in [6, 6.07) is 37.1. The van der Waals surface area contributed by atoms with Gasteiger partial charge in [-0.2, -0.15) is 0 Å². The van der Waals surface area contributed by atoms with Crippen LogP contribution < -0.4 is 9.47 Å². The van der Waals surface area contributed by atoms with Crippen LogP contribution in [0.15, 0.2) is 103 Å². The van der Waals surface area contributed by atoms with Crippen LogP contribution in [-0.4, -0.2) is 70.8 Å². The largest absolute Gasteiger partial charge is 0.483 e. The highest BCUT2D eigenvalue weighted by Gasteiger charge is 2.73. The summed E-state index contributed by atoms with van der Waals surface area (Å²) in [5.74, 6) is 1.81. The molecule has 2 aliphatic heterocycles. The van der Waals surface area contributed by atoms with Crippen molar-refractivity contribution in [3.05, 3.63) is 131 Å². The summed E-state index contributed by atoms with van der Waals surface area (Å²) in [6.45, 7) is 5.35. The van der Waals surface area contributed by atoms with Gasteiger partial charge in [0.2, 0.25) is 0 Å². The molecule has 4 aromatic rings. The topological polar surface area (TPSA) is 62.2 Å². The number of piperidine rings is 1. The van der Waals surface area contributed by atoms with Gasteiger partial charge in [0.25, 0.3) is 0 Å². The van der Waals surface area contributed by atoms with Gasteiger partial charge in [-0.3, -0.25) is 14.6 Å². The Hall–Kier alpha value is -3.97. The Morgan fingerprint density at radius 3 is 2.24 bits per heavy atom. The number of hydrogen-bond acceptors (Lipinski definition) is 6. The minimum atomic E-state index is -0.907. The van der Waals surface area contributed by atoms with Gasteiger partial charge in [0.05, 0.1) is 11.0 Å². The minimum absolute atomic E-state index is 0.0661. The van der Waals surface area contributed by atoms with Gasteiger partial charge in [0.1, 0.15) is 6.10 Å². The molecule has 0 aromatic heterocycles. The predicted molar refractivity (Wildman–Crippen MR) is 213 cm³/mol. The van der Waals surface area contributed by atoms with E-state index in [1.54, 1.807) is 0 Å². The Balaban J connectivity index is 1.06. The molecular formula is C48H56N2O4. The molecule has 0 unspecified atom stereocenters. The standard InChI is InChI=1S/C48H56N2O4/c1-34(51)53-42-25-24-39-31-43-48(52)27-26-41(46-47(48,44(39)45(42)54-46)28-30-50(43)32-36-22-23-36)49(29-14-3-2-7-15-35-16-8-4-9-17-35)33-40(37-18-10-5-11-19-37)38-20-12-6-13-21-38/h4-6,8-13,16-21,24-25,36,40-41,43,46,52H,2-3,7,14-15,22-23,26-33H2,1H3/t41-,43-,46+,47+,48-/m1/s1. The predicted octanol–water partition coefficient (Wildman–Crippen LogP) is 8.48. The van der Waals surface area contributed by atoms with Crippen LogP contribution in [-0.2, 0) is 23.1 Å². The fraction of sp³-hybridized carbons (Fsp3) is 0.479. The number of benzene rings is 4. The number of esters is 1. The van der Waals surface area contributed by atoms with Crippen molar-refractivity contribution < 1.29 is 19.4 Å². The fourth-order valence-corrected chi connectivity index (χ4v) is 11.1. The molecule has 5 aliphatic rings. The molecule has 0 radical (unpaired) electrons. The summed E-state index contributed by atoms with van der Waals surface area (Å²) in [5.41, 5.74) is 4.99. The first-order valence-corrected chi connectivity index (χ1v) is 20.8. The van der Waals surface area contributed by atoms with E-state index in [2.05, 4.69) is 107 Å². The number of rotatable bonds is 15. The third-order valence-corrected chi connectivity index (χ3v) is 13.8. The van der Waals surface area contributed by atoms with E-state index in [0.717, 1.165) is 76.2 Å². The molecule has 282 valence electrons. The van der Waals surface area contributed by atoms with E-state index in [1.165, 1.54) is 61.3 Å². The molecule has 3 fully saturated rings.